The lowest BCUT2D eigenvalue weighted by molar-refractivity contribution is 0.387. The third-order valence-corrected chi connectivity index (χ3v) is 5.74. The largest absolute Gasteiger partial charge is 0.243 e. The van der Waals surface area contributed by atoms with E-state index in [0.29, 0.717) is 11.1 Å². The van der Waals surface area contributed by atoms with Crippen LogP contribution in [0.1, 0.15) is 24.1 Å². The van der Waals surface area contributed by atoms with Gasteiger partial charge in [0.2, 0.25) is 10.0 Å². The second-order valence-corrected chi connectivity index (χ2v) is 6.95. The van der Waals surface area contributed by atoms with Crippen molar-refractivity contribution in [2.45, 2.75) is 24.8 Å². The van der Waals surface area contributed by atoms with Gasteiger partial charge in [-0.3, -0.25) is 0 Å². The molecule has 2 aromatic rings. The summed E-state index contributed by atoms with van der Waals surface area (Å²) in [4.78, 5) is 0.246. The normalized spacial score (nSPS) is 13.4. The molecule has 0 saturated carbocycles. The molecule has 0 bridgehead atoms. The first-order valence-electron chi connectivity index (χ1n) is 6.64. The molecular weight excluding hydrogens is 289 g/mol. The zero-order valence-corrected chi connectivity index (χ0v) is 13.1. The van der Waals surface area contributed by atoms with E-state index in [1.54, 1.807) is 56.3 Å². The summed E-state index contributed by atoms with van der Waals surface area (Å²) < 4.78 is 40.4. The predicted molar refractivity (Wildman–Crippen MR) is 80.9 cm³/mol. The summed E-state index contributed by atoms with van der Waals surface area (Å²) in [6, 6.07) is 12.4. The second-order valence-electron chi connectivity index (χ2n) is 4.98. The lowest BCUT2D eigenvalue weighted by atomic mass is 10.1. The van der Waals surface area contributed by atoms with Crippen molar-refractivity contribution < 1.29 is 12.8 Å². The van der Waals surface area contributed by atoms with Gasteiger partial charge in [0, 0.05) is 18.7 Å². The number of hydrogen-bond donors (Lipinski definition) is 0. The minimum atomic E-state index is -3.67. The highest BCUT2D eigenvalue weighted by Crippen LogP contribution is 2.28. The van der Waals surface area contributed by atoms with Gasteiger partial charge in [-0.25, -0.2) is 12.8 Å². The molecule has 3 nitrogen and oxygen atoms in total. The maximum atomic E-state index is 13.8. The molecule has 0 aliphatic rings. The van der Waals surface area contributed by atoms with Gasteiger partial charge in [0.25, 0.3) is 0 Å². The second kappa shape index (κ2) is 5.95. The molecule has 0 fully saturated rings. The Morgan fingerprint density at radius 3 is 2.24 bits per heavy atom. The molecule has 112 valence electrons. The van der Waals surface area contributed by atoms with Crippen LogP contribution in [-0.4, -0.2) is 19.8 Å². The monoisotopic (exact) mass is 307 g/mol. The number of benzene rings is 2. The third-order valence-electron chi connectivity index (χ3n) is 3.65. The van der Waals surface area contributed by atoms with Gasteiger partial charge in [0.05, 0.1) is 4.90 Å². The molecule has 0 spiro atoms. The van der Waals surface area contributed by atoms with Crippen molar-refractivity contribution in [2.24, 2.45) is 0 Å². The van der Waals surface area contributed by atoms with E-state index in [-0.39, 0.29) is 4.90 Å². The van der Waals surface area contributed by atoms with Crippen molar-refractivity contribution in [3.63, 3.8) is 0 Å². The third kappa shape index (κ3) is 2.99. The lowest BCUT2D eigenvalue weighted by Crippen LogP contribution is -2.30. The van der Waals surface area contributed by atoms with Gasteiger partial charge >= 0.3 is 0 Å². The highest BCUT2D eigenvalue weighted by molar-refractivity contribution is 7.89. The van der Waals surface area contributed by atoms with E-state index in [2.05, 4.69) is 0 Å². The summed E-state index contributed by atoms with van der Waals surface area (Å²) in [5.74, 6) is -0.406. The number of aryl methyl sites for hydroxylation is 1. The minimum absolute atomic E-state index is 0.246. The van der Waals surface area contributed by atoms with Crippen LogP contribution in [0.5, 0.6) is 0 Å². The molecule has 0 aromatic heterocycles. The Labute approximate surface area is 125 Å². The fraction of sp³-hybridized carbons (Fsp3) is 0.250. The first kappa shape index (κ1) is 15.7. The van der Waals surface area contributed by atoms with Crippen LogP contribution < -0.4 is 0 Å². The molecule has 1 unspecified atom stereocenters. The Morgan fingerprint density at radius 2 is 1.62 bits per heavy atom. The summed E-state index contributed by atoms with van der Waals surface area (Å²) in [6.07, 6.45) is 0. The molecule has 0 amide bonds. The van der Waals surface area contributed by atoms with Crippen molar-refractivity contribution in [1.29, 1.82) is 0 Å². The average Bonchev–Trinajstić information content (AvgIpc) is 2.46. The molecule has 2 aromatic carbocycles. The number of rotatable bonds is 4. The SMILES string of the molecule is Cc1ccccc1S(=O)(=O)N(C)C(C)c1ccccc1F. The Morgan fingerprint density at radius 1 is 1.05 bits per heavy atom. The summed E-state index contributed by atoms with van der Waals surface area (Å²) in [6.45, 7) is 3.42. The van der Waals surface area contributed by atoms with Crippen LogP contribution in [-0.2, 0) is 10.0 Å². The van der Waals surface area contributed by atoms with Gasteiger partial charge in [-0.2, -0.15) is 4.31 Å². The number of sulfonamides is 1. The van der Waals surface area contributed by atoms with Crippen LogP contribution in [0.3, 0.4) is 0 Å². The van der Waals surface area contributed by atoms with E-state index < -0.39 is 21.9 Å². The Balaban J connectivity index is 2.42. The van der Waals surface area contributed by atoms with Gasteiger partial charge in [-0.1, -0.05) is 36.4 Å². The van der Waals surface area contributed by atoms with E-state index in [0.717, 1.165) is 0 Å². The van der Waals surface area contributed by atoms with Crippen LogP contribution in [0, 0.1) is 12.7 Å². The van der Waals surface area contributed by atoms with Crippen molar-refractivity contribution >= 4 is 10.0 Å². The molecule has 21 heavy (non-hydrogen) atoms. The zero-order valence-electron chi connectivity index (χ0n) is 12.2. The Hall–Kier alpha value is -1.72. The quantitative estimate of drug-likeness (QED) is 0.866. The highest BCUT2D eigenvalue weighted by atomic mass is 32.2. The van der Waals surface area contributed by atoms with E-state index in [9.17, 15) is 12.8 Å². The number of halogens is 1. The van der Waals surface area contributed by atoms with Crippen LogP contribution in [0.4, 0.5) is 4.39 Å². The van der Waals surface area contributed by atoms with Gasteiger partial charge in [-0.05, 0) is 31.5 Å². The molecule has 2 rings (SSSR count). The van der Waals surface area contributed by atoms with E-state index >= 15 is 0 Å². The first-order valence-corrected chi connectivity index (χ1v) is 8.08. The molecule has 0 aliphatic carbocycles. The molecular formula is C16H18FNO2S. The standard InChI is InChI=1S/C16H18FNO2S/c1-12-8-4-7-11-16(12)21(19,20)18(3)13(2)14-9-5-6-10-15(14)17/h4-11,13H,1-3H3. The van der Waals surface area contributed by atoms with Crippen LogP contribution in [0.2, 0.25) is 0 Å². The predicted octanol–water partition coefficient (Wildman–Crippen LogP) is 3.52. The molecule has 1 atom stereocenters. The number of nitrogens with zero attached hydrogens (tertiary/aromatic N) is 1. The van der Waals surface area contributed by atoms with E-state index in [4.69, 9.17) is 0 Å². The average molecular weight is 307 g/mol. The van der Waals surface area contributed by atoms with Gasteiger partial charge in [0.15, 0.2) is 0 Å². The molecule has 5 heteroatoms. The topological polar surface area (TPSA) is 37.4 Å². The fourth-order valence-corrected chi connectivity index (χ4v) is 3.78. The fourth-order valence-electron chi connectivity index (χ4n) is 2.22. The molecule has 0 radical (unpaired) electrons. The molecule has 0 saturated heterocycles. The summed E-state index contributed by atoms with van der Waals surface area (Å²) in [7, 11) is -2.20. The van der Waals surface area contributed by atoms with Crippen molar-refractivity contribution in [1.82, 2.24) is 4.31 Å². The van der Waals surface area contributed by atoms with Crippen LogP contribution >= 0.6 is 0 Å². The van der Waals surface area contributed by atoms with Crippen molar-refractivity contribution in [3.05, 3.63) is 65.5 Å². The summed E-state index contributed by atoms with van der Waals surface area (Å²) >= 11 is 0. The number of hydrogen-bond acceptors (Lipinski definition) is 2. The van der Waals surface area contributed by atoms with E-state index in [1.807, 2.05) is 0 Å². The summed E-state index contributed by atoms with van der Waals surface area (Å²) in [5, 5.41) is 0. The highest BCUT2D eigenvalue weighted by Gasteiger charge is 2.28. The van der Waals surface area contributed by atoms with Gasteiger partial charge in [0.1, 0.15) is 5.82 Å². The maximum Gasteiger partial charge on any atom is 0.243 e. The smallest absolute Gasteiger partial charge is 0.207 e. The molecule has 0 N–H and O–H groups in total. The zero-order chi connectivity index (χ0) is 15.6. The molecule has 0 heterocycles. The van der Waals surface area contributed by atoms with Gasteiger partial charge in [-0.15, -0.1) is 0 Å². The molecule has 0 aliphatic heterocycles. The van der Waals surface area contributed by atoms with E-state index in [1.165, 1.54) is 17.4 Å². The van der Waals surface area contributed by atoms with Crippen LogP contribution in [0.15, 0.2) is 53.4 Å². The summed E-state index contributed by atoms with van der Waals surface area (Å²) in [5.41, 5.74) is 1.03. The first-order chi connectivity index (χ1) is 9.85. The minimum Gasteiger partial charge on any atom is -0.207 e. The van der Waals surface area contributed by atoms with Crippen molar-refractivity contribution in [3.8, 4) is 0 Å². The Bertz CT molecular complexity index is 743. The lowest BCUT2D eigenvalue weighted by Gasteiger charge is -2.25. The van der Waals surface area contributed by atoms with Crippen LogP contribution in [0.25, 0.3) is 0 Å². The Kier molecular flexibility index (Phi) is 4.44. The maximum absolute atomic E-state index is 13.8. The van der Waals surface area contributed by atoms with Crippen molar-refractivity contribution in [2.75, 3.05) is 7.05 Å². The van der Waals surface area contributed by atoms with Gasteiger partial charge < -0.3 is 0 Å².